The molecule has 3 N–H and O–H groups in total. The highest BCUT2D eigenvalue weighted by molar-refractivity contribution is 5.76. The molecular formula is C30H40N6O3. The number of unbranched alkanes of at least 4 members (excludes halogenated alkanes) is 1. The Labute approximate surface area is 231 Å². The van der Waals surface area contributed by atoms with Gasteiger partial charge in [0, 0.05) is 38.0 Å². The number of anilines is 2. The van der Waals surface area contributed by atoms with Crippen molar-refractivity contribution < 1.29 is 14.6 Å². The van der Waals surface area contributed by atoms with Crippen molar-refractivity contribution in [1.29, 1.82) is 0 Å². The van der Waals surface area contributed by atoms with Gasteiger partial charge in [0.2, 0.25) is 0 Å². The van der Waals surface area contributed by atoms with Crippen LogP contribution >= 0.6 is 0 Å². The first-order valence-corrected chi connectivity index (χ1v) is 13.9. The lowest BCUT2D eigenvalue weighted by Gasteiger charge is -2.26. The van der Waals surface area contributed by atoms with E-state index in [2.05, 4.69) is 37.6 Å². The van der Waals surface area contributed by atoms with Gasteiger partial charge >= 0.3 is 5.97 Å². The number of ether oxygens (including phenoxy) is 1. The fraction of sp³-hybridized carbons (Fsp3) is 0.467. The molecular weight excluding hydrogens is 492 g/mol. The SMILES string of the molecule is CO[C@H](C)CN(CCCCc1ccc2c(n1)NCCC2)CC[C@H](Nc1cnc(-c2ccccc2)cn1)C(=O)O. The van der Waals surface area contributed by atoms with Crippen LogP contribution in [0.1, 0.15) is 43.9 Å². The Hall–Kier alpha value is -3.56. The molecule has 9 heteroatoms. The number of aliphatic carboxylic acids is 1. The third kappa shape index (κ3) is 8.73. The van der Waals surface area contributed by atoms with Crippen molar-refractivity contribution in [3.05, 3.63) is 66.1 Å². The lowest BCUT2D eigenvalue weighted by molar-refractivity contribution is -0.138. The maximum atomic E-state index is 12.0. The Morgan fingerprint density at radius 3 is 2.72 bits per heavy atom. The van der Waals surface area contributed by atoms with E-state index in [1.807, 2.05) is 37.3 Å². The second-order valence-corrected chi connectivity index (χ2v) is 10.1. The number of carbonyl (C=O) groups is 1. The highest BCUT2D eigenvalue weighted by Gasteiger charge is 2.20. The highest BCUT2D eigenvalue weighted by Crippen LogP contribution is 2.20. The number of hydrogen-bond donors (Lipinski definition) is 3. The van der Waals surface area contributed by atoms with Crippen molar-refractivity contribution in [2.24, 2.45) is 0 Å². The van der Waals surface area contributed by atoms with E-state index >= 15 is 0 Å². The quantitative estimate of drug-likeness (QED) is 0.243. The Morgan fingerprint density at radius 2 is 1.97 bits per heavy atom. The fourth-order valence-corrected chi connectivity index (χ4v) is 4.79. The first-order valence-electron chi connectivity index (χ1n) is 13.9. The fourth-order valence-electron chi connectivity index (χ4n) is 4.79. The van der Waals surface area contributed by atoms with Gasteiger partial charge in [0.05, 0.1) is 24.2 Å². The molecule has 4 rings (SSSR count). The molecule has 39 heavy (non-hydrogen) atoms. The van der Waals surface area contributed by atoms with Crippen LogP contribution < -0.4 is 10.6 Å². The van der Waals surface area contributed by atoms with Crippen LogP contribution in [0.5, 0.6) is 0 Å². The van der Waals surface area contributed by atoms with E-state index in [4.69, 9.17) is 9.72 Å². The predicted octanol–water partition coefficient (Wildman–Crippen LogP) is 4.51. The zero-order valence-corrected chi connectivity index (χ0v) is 23.0. The summed E-state index contributed by atoms with van der Waals surface area (Å²) in [5, 5.41) is 16.3. The molecule has 1 aliphatic heterocycles. The van der Waals surface area contributed by atoms with Gasteiger partial charge in [0.1, 0.15) is 17.7 Å². The summed E-state index contributed by atoms with van der Waals surface area (Å²) in [6, 6.07) is 13.4. The van der Waals surface area contributed by atoms with Gasteiger partial charge in [-0.3, -0.25) is 4.98 Å². The zero-order valence-electron chi connectivity index (χ0n) is 23.0. The third-order valence-corrected chi connectivity index (χ3v) is 7.10. The minimum Gasteiger partial charge on any atom is -0.480 e. The average molecular weight is 533 g/mol. The van der Waals surface area contributed by atoms with Crippen molar-refractivity contribution in [1.82, 2.24) is 19.9 Å². The number of hydrogen-bond acceptors (Lipinski definition) is 8. The summed E-state index contributed by atoms with van der Waals surface area (Å²) in [6.45, 7) is 5.28. The molecule has 0 radical (unpaired) electrons. The van der Waals surface area contributed by atoms with Crippen LogP contribution in [-0.2, 0) is 22.4 Å². The smallest absolute Gasteiger partial charge is 0.326 e. The van der Waals surface area contributed by atoms with E-state index in [-0.39, 0.29) is 6.10 Å². The van der Waals surface area contributed by atoms with E-state index < -0.39 is 12.0 Å². The van der Waals surface area contributed by atoms with Gasteiger partial charge in [-0.25, -0.2) is 14.8 Å². The number of fused-ring (bicyclic) bond motifs is 1. The number of nitrogens with one attached hydrogen (secondary N) is 2. The summed E-state index contributed by atoms with van der Waals surface area (Å²) >= 11 is 0. The van der Waals surface area contributed by atoms with Crippen molar-refractivity contribution >= 4 is 17.6 Å². The molecule has 3 aromatic rings. The lowest BCUT2D eigenvalue weighted by Crippen LogP contribution is -2.38. The number of pyridine rings is 1. The number of aryl methyl sites for hydroxylation is 2. The average Bonchev–Trinajstić information content (AvgIpc) is 2.97. The Bertz CT molecular complexity index is 1180. The maximum absolute atomic E-state index is 12.0. The molecule has 0 bridgehead atoms. The second-order valence-electron chi connectivity index (χ2n) is 10.1. The summed E-state index contributed by atoms with van der Waals surface area (Å²) in [4.78, 5) is 28.0. The molecule has 0 unspecified atom stereocenters. The number of aromatic nitrogens is 3. The molecule has 3 heterocycles. The third-order valence-electron chi connectivity index (χ3n) is 7.10. The number of carboxylic acids is 1. The van der Waals surface area contributed by atoms with E-state index in [1.54, 1.807) is 19.5 Å². The van der Waals surface area contributed by atoms with Crippen molar-refractivity contribution in [2.75, 3.05) is 43.9 Å². The van der Waals surface area contributed by atoms with Crippen LogP contribution in [0.15, 0.2) is 54.9 Å². The second kappa shape index (κ2) is 14.6. The molecule has 1 aromatic carbocycles. The first-order chi connectivity index (χ1) is 19.0. The van der Waals surface area contributed by atoms with Gasteiger partial charge in [-0.05, 0) is 63.6 Å². The normalized spacial score (nSPS) is 14.3. The monoisotopic (exact) mass is 532 g/mol. The van der Waals surface area contributed by atoms with Crippen LogP contribution in [0.2, 0.25) is 0 Å². The summed E-state index contributed by atoms with van der Waals surface area (Å²) < 4.78 is 5.50. The number of nitrogens with zero attached hydrogens (tertiary/aromatic N) is 4. The molecule has 9 nitrogen and oxygen atoms in total. The summed E-state index contributed by atoms with van der Waals surface area (Å²) in [5.41, 5.74) is 4.14. The minimum atomic E-state index is -0.907. The highest BCUT2D eigenvalue weighted by atomic mass is 16.5. The van der Waals surface area contributed by atoms with Gasteiger partial charge in [0.15, 0.2) is 0 Å². The van der Waals surface area contributed by atoms with Gasteiger partial charge in [0.25, 0.3) is 0 Å². The molecule has 0 saturated heterocycles. The zero-order chi connectivity index (χ0) is 27.5. The Morgan fingerprint density at radius 1 is 1.13 bits per heavy atom. The largest absolute Gasteiger partial charge is 0.480 e. The molecule has 0 fully saturated rings. The van der Waals surface area contributed by atoms with E-state index in [0.29, 0.717) is 18.8 Å². The lowest BCUT2D eigenvalue weighted by atomic mass is 10.1. The molecule has 0 saturated carbocycles. The van der Waals surface area contributed by atoms with Crippen LogP contribution in [0.3, 0.4) is 0 Å². The topological polar surface area (TPSA) is 113 Å². The van der Waals surface area contributed by atoms with Crippen LogP contribution in [0, 0.1) is 0 Å². The summed E-state index contributed by atoms with van der Waals surface area (Å²) in [6.07, 6.45) is 8.96. The number of benzene rings is 1. The van der Waals surface area contributed by atoms with Crippen LogP contribution in [0.25, 0.3) is 11.3 Å². The number of methoxy groups -OCH3 is 1. The molecule has 0 aliphatic carbocycles. The molecule has 1 aliphatic rings. The van der Waals surface area contributed by atoms with Crippen molar-refractivity contribution in [3.63, 3.8) is 0 Å². The van der Waals surface area contributed by atoms with E-state index in [0.717, 1.165) is 74.5 Å². The molecule has 208 valence electrons. The van der Waals surface area contributed by atoms with E-state index in [9.17, 15) is 9.90 Å². The minimum absolute atomic E-state index is 0.0611. The Balaban J connectivity index is 1.28. The van der Waals surface area contributed by atoms with E-state index in [1.165, 1.54) is 5.56 Å². The van der Waals surface area contributed by atoms with Crippen molar-refractivity contribution in [3.8, 4) is 11.3 Å². The molecule has 2 atom stereocenters. The van der Waals surface area contributed by atoms with Gasteiger partial charge < -0.3 is 25.4 Å². The first kappa shape index (κ1) is 28.4. The van der Waals surface area contributed by atoms with Gasteiger partial charge in [-0.2, -0.15) is 0 Å². The summed E-state index contributed by atoms with van der Waals surface area (Å²) in [7, 11) is 1.71. The standard InChI is InChI=1S/C30H40N6O3/c1-22(39-2)21-36(17-7-6-12-25-14-13-24-11-8-16-31-29(24)34-25)18-15-26(30(37)38)35-28-20-32-27(19-33-28)23-9-4-3-5-10-23/h3-5,9-10,13-14,19-20,22,26H,6-8,11-12,15-18,21H2,1-2H3,(H,31,34)(H,33,35)(H,37,38)/t22-,26+/m1/s1. The van der Waals surface area contributed by atoms with Crippen LogP contribution in [0.4, 0.5) is 11.6 Å². The van der Waals surface area contributed by atoms with Crippen molar-refractivity contribution in [2.45, 2.75) is 57.6 Å². The molecule has 0 amide bonds. The van der Waals surface area contributed by atoms with Gasteiger partial charge in [-0.15, -0.1) is 0 Å². The van der Waals surface area contributed by atoms with Gasteiger partial charge in [-0.1, -0.05) is 36.4 Å². The number of carboxylic acid groups (broad SMARTS) is 1. The molecule has 2 aromatic heterocycles. The predicted molar refractivity (Wildman–Crippen MR) is 154 cm³/mol. The molecule has 0 spiro atoms. The van der Waals surface area contributed by atoms with Crippen LogP contribution in [-0.4, -0.2) is 76.4 Å². The number of rotatable bonds is 15. The Kier molecular flexibility index (Phi) is 10.6. The maximum Gasteiger partial charge on any atom is 0.326 e. The summed E-state index contributed by atoms with van der Waals surface area (Å²) in [5.74, 6) is 0.586.